The smallest absolute Gasteiger partial charge is 0.223 e. The number of carbonyl (C=O) groups is 1. The summed E-state index contributed by atoms with van der Waals surface area (Å²) < 4.78 is 13.7. The molecular formula is C16H21FN2O. The number of hydrogen-bond acceptors (Lipinski definition) is 2. The second-order valence-corrected chi connectivity index (χ2v) is 4.72. The highest BCUT2D eigenvalue weighted by Gasteiger charge is 2.12. The average Bonchev–Trinajstić information content (AvgIpc) is 2.44. The molecule has 0 saturated heterocycles. The van der Waals surface area contributed by atoms with Crippen LogP contribution in [0.2, 0.25) is 0 Å². The van der Waals surface area contributed by atoms with Crippen LogP contribution in [0.15, 0.2) is 18.2 Å². The molecule has 0 aliphatic rings. The van der Waals surface area contributed by atoms with E-state index in [4.69, 9.17) is 5.73 Å². The van der Waals surface area contributed by atoms with Gasteiger partial charge in [-0.05, 0) is 24.6 Å². The maximum Gasteiger partial charge on any atom is 0.223 e. The summed E-state index contributed by atoms with van der Waals surface area (Å²) in [4.78, 5) is 11.8. The van der Waals surface area contributed by atoms with Crippen LogP contribution in [0.3, 0.4) is 0 Å². The van der Waals surface area contributed by atoms with Crippen molar-refractivity contribution in [3.05, 3.63) is 35.1 Å². The van der Waals surface area contributed by atoms with Crippen LogP contribution in [0.25, 0.3) is 0 Å². The quantitative estimate of drug-likeness (QED) is 0.810. The zero-order chi connectivity index (χ0) is 15.0. The van der Waals surface area contributed by atoms with Gasteiger partial charge < -0.3 is 11.1 Å². The summed E-state index contributed by atoms with van der Waals surface area (Å²) in [5.41, 5.74) is 6.43. The van der Waals surface area contributed by atoms with Crippen LogP contribution in [0.5, 0.6) is 0 Å². The van der Waals surface area contributed by atoms with E-state index in [0.717, 1.165) is 12.8 Å². The van der Waals surface area contributed by atoms with E-state index in [-0.39, 0.29) is 30.7 Å². The SMILES string of the molecule is CCCC(C)C(=O)NCc1cc(C#CCN)ccc1F. The Morgan fingerprint density at radius 2 is 2.25 bits per heavy atom. The monoisotopic (exact) mass is 276 g/mol. The molecule has 0 bridgehead atoms. The molecule has 0 saturated carbocycles. The molecule has 0 aliphatic carbocycles. The van der Waals surface area contributed by atoms with Gasteiger partial charge in [-0.2, -0.15) is 0 Å². The molecule has 3 N–H and O–H groups in total. The van der Waals surface area contributed by atoms with Gasteiger partial charge in [0.15, 0.2) is 0 Å². The van der Waals surface area contributed by atoms with E-state index in [1.165, 1.54) is 6.07 Å². The summed E-state index contributed by atoms with van der Waals surface area (Å²) >= 11 is 0. The Morgan fingerprint density at radius 3 is 2.90 bits per heavy atom. The molecule has 108 valence electrons. The van der Waals surface area contributed by atoms with Crippen LogP contribution in [0.4, 0.5) is 4.39 Å². The maximum absolute atomic E-state index is 13.7. The second kappa shape index (κ2) is 8.34. The number of benzene rings is 1. The molecule has 0 fully saturated rings. The van der Waals surface area contributed by atoms with E-state index in [2.05, 4.69) is 17.2 Å². The molecule has 0 aromatic heterocycles. The van der Waals surface area contributed by atoms with Gasteiger partial charge in [-0.25, -0.2) is 4.39 Å². The molecule has 0 radical (unpaired) electrons. The van der Waals surface area contributed by atoms with E-state index in [0.29, 0.717) is 11.1 Å². The highest BCUT2D eigenvalue weighted by atomic mass is 19.1. The van der Waals surface area contributed by atoms with Crippen molar-refractivity contribution in [1.29, 1.82) is 0 Å². The Morgan fingerprint density at radius 1 is 1.50 bits per heavy atom. The Bertz CT molecular complexity index is 517. The Labute approximate surface area is 119 Å². The van der Waals surface area contributed by atoms with E-state index in [1.54, 1.807) is 12.1 Å². The fourth-order valence-corrected chi connectivity index (χ4v) is 1.86. The summed E-state index contributed by atoms with van der Waals surface area (Å²) in [7, 11) is 0. The van der Waals surface area contributed by atoms with Crippen LogP contribution in [-0.4, -0.2) is 12.5 Å². The van der Waals surface area contributed by atoms with Crippen LogP contribution in [-0.2, 0) is 11.3 Å². The van der Waals surface area contributed by atoms with Gasteiger partial charge >= 0.3 is 0 Å². The minimum absolute atomic E-state index is 0.0512. The largest absolute Gasteiger partial charge is 0.352 e. The van der Waals surface area contributed by atoms with Crippen LogP contribution >= 0.6 is 0 Å². The first kappa shape index (κ1) is 16.2. The summed E-state index contributed by atoms with van der Waals surface area (Å²) in [6, 6.07) is 4.60. The zero-order valence-corrected chi connectivity index (χ0v) is 12.0. The van der Waals surface area contributed by atoms with Crippen LogP contribution in [0.1, 0.15) is 37.8 Å². The van der Waals surface area contributed by atoms with Crippen molar-refractivity contribution in [3.8, 4) is 11.8 Å². The maximum atomic E-state index is 13.7. The van der Waals surface area contributed by atoms with E-state index in [1.807, 2.05) is 13.8 Å². The topological polar surface area (TPSA) is 55.1 Å². The van der Waals surface area contributed by atoms with Gasteiger partial charge in [0.05, 0.1) is 6.54 Å². The number of halogens is 1. The van der Waals surface area contributed by atoms with E-state index >= 15 is 0 Å². The number of rotatable bonds is 5. The fraction of sp³-hybridized carbons (Fsp3) is 0.438. The van der Waals surface area contributed by atoms with E-state index in [9.17, 15) is 9.18 Å². The average molecular weight is 276 g/mol. The van der Waals surface area contributed by atoms with Gasteiger partial charge in [0.25, 0.3) is 0 Å². The first-order chi connectivity index (χ1) is 9.58. The first-order valence-corrected chi connectivity index (χ1v) is 6.83. The predicted octanol–water partition coefficient (Wildman–Crippen LogP) is 2.19. The normalized spacial score (nSPS) is 11.4. The van der Waals surface area contributed by atoms with Crippen molar-refractivity contribution in [2.75, 3.05) is 6.54 Å². The van der Waals surface area contributed by atoms with Crippen LogP contribution < -0.4 is 11.1 Å². The Kier molecular flexibility index (Phi) is 6.75. The molecular weight excluding hydrogens is 255 g/mol. The number of amides is 1. The molecule has 4 heteroatoms. The van der Waals surface area contributed by atoms with Crippen molar-refractivity contribution in [2.24, 2.45) is 11.7 Å². The molecule has 20 heavy (non-hydrogen) atoms. The summed E-state index contributed by atoms with van der Waals surface area (Å²) in [6.07, 6.45) is 1.78. The lowest BCUT2D eigenvalue weighted by Gasteiger charge is -2.11. The number of nitrogens with one attached hydrogen (secondary N) is 1. The molecule has 1 amide bonds. The summed E-state index contributed by atoms with van der Waals surface area (Å²) in [5, 5.41) is 2.76. The van der Waals surface area contributed by atoms with Crippen molar-refractivity contribution in [1.82, 2.24) is 5.32 Å². The van der Waals surface area contributed by atoms with Gasteiger partial charge in [0.1, 0.15) is 5.82 Å². The minimum atomic E-state index is -0.341. The van der Waals surface area contributed by atoms with Crippen molar-refractivity contribution in [2.45, 2.75) is 33.2 Å². The van der Waals surface area contributed by atoms with Crippen molar-refractivity contribution < 1.29 is 9.18 Å². The first-order valence-electron chi connectivity index (χ1n) is 6.83. The highest BCUT2D eigenvalue weighted by molar-refractivity contribution is 5.78. The molecule has 3 nitrogen and oxygen atoms in total. The lowest BCUT2D eigenvalue weighted by Crippen LogP contribution is -2.29. The Balaban J connectivity index is 2.69. The van der Waals surface area contributed by atoms with Crippen LogP contribution in [0, 0.1) is 23.6 Å². The summed E-state index contributed by atoms with van der Waals surface area (Å²) in [6.45, 7) is 4.34. The fourth-order valence-electron chi connectivity index (χ4n) is 1.86. The van der Waals surface area contributed by atoms with Gasteiger partial charge in [0.2, 0.25) is 5.91 Å². The van der Waals surface area contributed by atoms with Crippen molar-refractivity contribution >= 4 is 5.91 Å². The standard InChI is InChI=1S/C16H21FN2O/c1-3-5-12(2)16(20)19-11-14-10-13(6-4-9-18)7-8-15(14)17/h7-8,10,12H,3,5,9,11,18H2,1-2H3,(H,19,20). The molecule has 1 rings (SSSR count). The molecule has 1 aromatic carbocycles. The van der Waals surface area contributed by atoms with Crippen molar-refractivity contribution in [3.63, 3.8) is 0 Å². The zero-order valence-electron chi connectivity index (χ0n) is 12.0. The second-order valence-electron chi connectivity index (χ2n) is 4.72. The lowest BCUT2D eigenvalue weighted by atomic mass is 10.1. The van der Waals surface area contributed by atoms with E-state index < -0.39 is 0 Å². The minimum Gasteiger partial charge on any atom is -0.352 e. The molecule has 0 heterocycles. The molecule has 0 spiro atoms. The third kappa shape index (κ3) is 5.02. The molecule has 1 atom stereocenters. The lowest BCUT2D eigenvalue weighted by molar-refractivity contribution is -0.124. The predicted molar refractivity (Wildman–Crippen MR) is 78.3 cm³/mol. The number of carbonyl (C=O) groups excluding carboxylic acids is 1. The Hall–Kier alpha value is -1.86. The highest BCUT2D eigenvalue weighted by Crippen LogP contribution is 2.11. The van der Waals surface area contributed by atoms with Gasteiger partial charge in [-0.15, -0.1) is 0 Å². The third-order valence-corrected chi connectivity index (χ3v) is 3.00. The summed E-state index contributed by atoms with van der Waals surface area (Å²) in [5.74, 6) is 5.12. The van der Waals surface area contributed by atoms with Gasteiger partial charge in [-0.3, -0.25) is 4.79 Å². The van der Waals surface area contributed by atoms with Gasteiger partial charge in [-0.1, -0.05) is 32.1 Å². The molecule has 1 unspecified atom stereocenters. The molecule has 0 aliphatic heterocycles. The number of nitrogens with two attached hydrogens (primary N) is 1. The third-order valence-electron chi connectivity index (χ3n) is 3.00. The number of hydrogen-bond donors (Lipinski definition) is 2. The van der Waals surface area contributed by atoms with Gasteiger partial charge in [0, 0.05) is 23.6 Å². The molecule has 1 aromatic rings.